The Bertz CT molecular complexity index is 1590. The van der Waals surface area contributed by atoms with Crippen LogP contribution in [0.1, 0.15) is 26.3 Å². The number of hydrogen-bond donors (Lipinski definition) is 1. The summed E-state index contributed by atoms with van der Waals surface area (Å²) in [5.41, 5.74) is -0.497. The first kappa shape index (κ1) is 33.9. The van der Waals surface area contributed by atoms with Crippen LogP contribution in [0.3, 0.4) is 0 Å². The minimum Gasteiger partial charge on any atom is -0.458 e. The third-order valence-electron chi connectivity index (χ3n) is 6.11. The van der Waals surface area contributed by atoms with Crippen LogP contribution in [0.2, 0.25) is 0 Å². The molecule has 1 aliphatic rings. The lowest BCUT2D eigenvalue weighted by molar-refractivity contribution is -0.158. The highest BCUT2D eigenvalue weighted by atomic mass is 32.2. The summed E-state index contributed by atoms with van der Waals surface area (Å²) in [6.45, 7) is 4.11. The number of nitrogens with zero attached hydrogens (tertiary/aromatic N) is 2. The van der Waals surface area contributed by atoms with E-state index < -0.39 is 90.1 Å². The molecule has 12 nitrogen and oxygen atoms in total. The van der Waals surface area contributed by atoms with Gasteiger partial charge in [-0.05, 0) is 50.6 Å². The van der Waals surface area contributed by atoms with E-state index in [9.17, 15) is 40.0 Å². The lowest BCUT2D eigenvalue weighted by Gasteiger charge is -2.34. The number of rotatable bonds is 8. The summed E-state index contributed by atoms with van der Waals surface area (Å²) in [5.74, 6) is -5.84. The molecule has 0 spiro atoms. The number of benzene rings is 2. The minimum absolute atomic E-state index is 0.165. The number of nitrogens with one attached hydrogen (secondary N) is 1. The van der Waals surface area contributed by atoms with E-state index in [1.807, 2.05) is 0 Å². The molecule has 1 heterocycles. The van der Waals surface area contributed by atoms with Gasteiger partial charge in [-0.1, -0.05) is 12.1 Å². The van der Waals surface area contributed by atoms with Crippen molar-refractivity contribution in [3.63, 3.8) is 0 Å². The van der Waals surface area contributed by atoms with Crippen molar-refractivity contribution < 1.29 is 49.5 Å². The monoisotopic (exact) mass is 645 g/mol. The average molecular weight is 646 g/mol. The summed E-state index contributed by atoms with van der Waals surface area (Å²) in [6.07, 6.45) is -0.782. The number of hydrogen-bond acceptors (Lipinski definition) is 9. The molecule has 236 valence electrons. The van der Waals surface area contributed by atoms with Gasteiger partial charge in [-0.25, -0.2) is 35.2 Å². The second kappa shape index (κ2) is 12.9. The molecule has 0 unspecified atom stereocenters. The second-order valence-corrected chi connectivity index (χ2v) is 15.1. The van der Waals surface area contributed by atoms with Crippen molar-refractivity contribution >= 4 is 37.8 Å². The largest absolute Gasteiger partial charge is 0.458 e. The summed E-state index contributed by atoms with van der Waals surface area (Å²) >= 11 is 0. The van der Waals surface area contributed by atoms with Crippen molar-refractivity contribution in [2.24, 2.45) is 0 Å². The minimum atomic E-state index is -4.81. The number of carbonyl (C=O) groups is 3. The molecule has 1 aliphatic heterocycles. The van der Waals surface area contributed by atoms with Gasteiger partial charge >= 0.3 is 12.1 Å². The van der Waals surface area contributed by atoms with E-state index in [0.29, 0.717) is 22.0 Å². The Morgan fingerprint density at radius 1 is 1.09 bits per heavy atom. The van der Waals surface area contributed by atoms with Crippen molar-refractivity contribution in [3.05, 3.63) is 59.7 Å². The standard InChI is InChI=1S/C27H33F2N3O9S2/c1-27(2,3)41-25(34)21(14-17-6-9-19(10-7-17)40-26(35)31(4)5)30-24(33)22-16-42(36,37)13-12-32(22)43(38,39)23-11-8-18(28)15-20(23)29/h6-11,15,21-22H,12-14,16H2,1-5H3,(H,30,33)/t21-,22-/m0/s1. The molecule has 2 aromatic rings. The first-order valence-corrected chi connectivity index (χ1v) is 16.2. The van der Waals surface area contributed by atoms with Gasteiger partial charge in [-0.15, -0.1) is 0 Å². The molecule has 1 saturated heterocycles. The van der Waals surface area contributed by atoms with Crippen LogP contribution in [-0.4, -0.2) is 93.8 Å². The Hall–Kier alpha value is -3.63. The molecule has 0 bridgehead atoms. The van der Waals surface area contributed by atoms with E-state index in [-0.39, 0.29) is 12.2 Å². The molecule has 0 saturated carbocycles. The van der Waals surface area contributed by atoms with Gasteiger partial charge in [0.1, 0.15) is 40.0 Å². The van der Waals surface area contributed by atoms with Crippen molar-refractivity contribution in [2.45, 2.75) is 49.8 Å². The number of carbonyl (C=O) groups excluding carboxylic acids is 3. The Morgan fingerprint density at radius 3 is 2.28 bits per heavy atom. The van der Waals surface area contributed by atoms with E-state index in [1.54, 1.807) is 20.8 Å². The van der Waals surface area contributed by atoms with Gasteiger partial charge < -0.3 is 19.7 Å². The van der Waals surface area contributed by atoms with Gasteiger partial charge in [-0.2, -0.15) is 4.31 Å². The maximum absolute atomic E-state index is 14.5. The lowest BCUT2D eigenvalue weighted by atomic mass is 10.0. The van der Waals surface area contributed by atoms with Crippen LogP contribution >= 0.6 is 0 Å². The van der Waals surface area contributed by atoms with Crippen LogP contribution in [0.15, 0.2) is 47.4 Å². The third-order valence-corrected chi connectivity index (χ3v) is 9.68. The van der Waals surface area contributed by atoms with Crippen molar-refractivity contribution in [1.82, 2.24) is 14.5 Å². The van der Waals surface area contributed by atoms with Crippen LogP contribution in [0.5, 0.6) is 5.75 Å². The molecule has 2 aromatic carbocycles. The number of esters is 1. The van der Waals surface area contributed by atoms with Gasteiger partial charge in [0.25, 0.3) is 0 Å². The molecule has 0 radical (unpaired) electrons. The van der Waals surface area contributed by atoms with Gasteiger partial charge in [0, 0.05) is 33.1 Å². The highest BCUT2D eigenvalue weighted by Gasteiger charge is 2.44. The number of halogens is 2. The first-order chi connectivity index (χ1) is 19.8. The molecule has 0 aromatic heterocycles. The van der Waals surface area contributed by atoms with E-state index in [1.165, 1.54) is 43.3 Å². The molecule has 43 heavy (non-hydrogen) atoms. The zero-order chi connectivity index (χ0) is 32.3. The van der Waals surface area contributed by atoms with Gasteiger partial charge in [0.2, 0.25) is 15.9 Å². The van der Waals surface area contributed by atoms with E-state index in [0.717, 1.165) is 6.07 Å². The summed E-state index contributed by atoms with van der Waals surface area (Å²) < 4.78 is 90.7. The lowest BCUT2D eigenvalue weighted by Crippen LogP contribution is -2.60. The van der Waals surface area contributed by atoms with E-state index >= 15 is 0 Å². The summed E-state index contributed by atoms with van der Waals surface area (Å²) in [7, 11) is -5.72. The van der Waals surface area contributed by atoms with Gasteiger partial charge in [0.15, 0.2) is 9.84 Å². The molecular weight excluding hydrogens is 612 g/mol. The quantitative estimate of drug-likeness (QED) is 0.424. The van der Waals surface area contributed by atoms with Crippen LogP contribution in [0, 0.1) is 11.6 Å². The normalized spacial score (nSPS) is 17.9. The second-order valence-electron chi connectivity index (χ2n) is 11.0. The number of sulfone groups is 1. The van der Waals surface area contributed by atoms with Crippen molar-refractivity contribution in [2.75, 3.05) is 32.1 Å². The summed E-state index contributed by atoms with van der Waals surface area (Å²) in [4.78, 5) is 38.7. The third kappa shape index (κ3) is 8.93. The topological polar surface area (TPSA) is 156 Å². The zero-order valence-corrected chi connectivity index (χ0v) is 25.8. The van der Waals surface area contributed by atoms with Gasteiger partial charge in [-0.3, -0.25) is 4.79 Å². The molecular formula is C27H33F2N3O9S2. The van der Waals surface area contributed by atoms with E-state index in [4.69, 9.17) is 9.47 Å². The summed E-state index contributed by atoms with van der Waals surface area (Å²) in [5, 5.41) is 2.40. The van der Waals surface area contributed by atoms with Gasteiger partial charge in [0.05, 0.1) is 11.5 Å². The molecule has 3 rings (SSSR count). The maximum Gasteiger partial charge on any atom is 0.414 e. The Balaban J connectivity index is 1.92. The molecule has 16 heteroatoms. The zero-order valence-electron chi connectivity index (χ0n) is 24.2. The van der Waals surface area contributed by atoms with Crippen molar-refractivity contribution in [3.8, 4) is 5.75 Å². The highest BCUT2D eigenvalue weighted by Crippen LogP contribution is 2.26. The highest BCUT2D eigenvalue weighted by molar-refractivity contribution is 7.92. The fraction of sp³-hybridized carbons (Fsp3) is 0.444. The van der Waals surface area contributed by atoms with Crippen LogP contribution in [0.4, 0.5) is 13.6 Å². The molecule has 0 aliphatic carbocycles. The Kier molecular flexibility index (Phi) is 10.2. The first-order valence-electron chi connectivity index (χ1n) is 13.0. The fourth-order valence-electron chi connectivity index (χ4n) is 4.05. The number of amides is 2. The van der Waals surface area contributed by atoms with E-state index in [2.05, 4.69) is 5.32 Å². The molecule has 2 atom stereocenters. The molecule has 2 amide bonds. The maximum atomic E-state index is 14.5. The number of ether oxygens (including phenoxy) is 2. The Morgan fingerprint density at radius 2 is 1.72 bits per heavy atom. The molecule has 1 fully saturated rings. The summed E-state index contributed by atoms with van der Waals surface area (Å²) in [6, 6.07) is 4.46. The average Bonchev–Trinajstić information content (AvgIpc) is 2.87. The SMILES string of the molecule is CN(C)C(=O)Oc1ccc(C[C@H](NC(=O)[C@@H]2CS(=O)(=O)CCN2S(=O)(=O)c2ccc(F)cc2F)C(=O)OC(C)(C)C)cc1. The predicted molar refractivity (Wildman–Crippen MR) is 150 cm³/mol. The predicted octanol–water partition coefficient (Wildman–Crippen LogP) is 1.88. The van der Waals surface area contributed by atoms with Crippen molar-refractivity contribution in [1.29, 1.82) is 0 Å². The fourth-order valence-corrected chi connectivity index (χ4v) is 7.35. The smallest absolute Gasteiger partial charge is 0.414 e. The Labute approximate surface area is 248 Å². The molecule has 1 N–H and O–H groups in total. The van der Waals surface area contributed by atoms with Crippen LogP contribution < -0.4 is 10.1 Å². The van der Waals surface area contributed by atoms with Crippen LogP contribution in [-0.2, 0) is 40.6 Å². The van der Waals surface area contributed by atoms with Crippen LogP contribution in [0.25, 0.3) is 0 Å². The number of sulfonamides is 1.